The lowest BCUT2D eigenvalue weighted by molar-refractivity contribution is -0.154. The zero-order valence-corrected chi connectivity index (χ0v) is 20.3. The smallest absolute Gasteiger partial charge is 0.328 e. The van der Waals surface area contributed by atoms with Crippen molar-refractivity contribution in [2.24, 2.45) is 17.6 Å². The number of esters is 1. The summed E-state index contributed by atoms with van der Waals surface area (Å²) in [4.78, 5) is 50.5. The van der Waals surface area contributed by atoms with Gasteiger partial charge >= 0.3 is 5.97 Å². The number of benzene rings is 1. The Morgan fingerprint density at radius 3 is 2.49 bits per heavy atom. The van der Waals surface area contributed by atoms with Crippen molar-refractivity contribution in [2.45, 2.75) is 50.9 Å². The third-order valence-corrected chi connectivity index (χ3v) is 7.51. The molecule has 3 aliphatic rings. The third-order valence-electron chi connectivity index (χ3n) is 7.51. The van der Waals surface area contributed by atoms with E-state index in [0.717, 1.165) is 0 Å². The van der Waals surface area contributed by atoms with Crippen molar-refractivity contribution in [3.05, 3.63) is 45.9 Å². The Bertz CT molecular complexity index is 1300. The molecule has 0 radical (unpaired) electrons. The van der Waals surface area contributed by atoms with E-state index in [1.807, 2.05) is 0 Å². The number of ketones is 2. The zero-order chi connectivity index (χ0) is 27.6. The second-order valence-electron chi connectivity index (χ2n) is 9.53. The number of carbonyl (C=O) groups excluding carboxylic acids is 4. The van der Waals surface area contributed by atoms with Crippen LogP contribution in [0.15, 0.2) is 34.8 Å². The molecular formula is C25H28N2O10. The van der Waals surface area contributed by atoms with E-state index >= 15 is 0 Å². The molecule has 12 nitrogen and oxygen atoms in total. The van der Waals surface area contributed by atoms with Crippen molar-refractivity contribution < 1.29 is 49.4 Å². The number of Topliss-reactive ketones (excluding diaryl/α,β-unsaturated/α-hetero) is 2. The van der Waals surface area contributed by atoms with Crippen molar-refractivity contribution in [3.8, 4) is 5.75 Å². The Hall–Kier alpha value is -3.90. The average Bonchev–Trinajstić information content (AvgIpc) is 2.82. The van der Waals surface area contributed by atoms with Crippen LogP contribution in [0.1, 0.15) is 49.0 Å². The molecule has 1 unspecified atom stereocenters. The predicted molar refractivity (Wildman–Crippen MR) is 127 cm³/mol. The molecular weight excluding hydrogens is 488 g/mol. The van der Waals surface area contributed by atoms with Crippen LogP contribution in [0.4, 0.5) is 5.69 Å². The van der Waals surface area contributed by atoms with E-state index in [-0.39, 0.29) is 17.9 Å². The maximum absolute atomic E-state index is 13.7. The quantitative estimate of drug-likeness (QED) is 0.162. The standard InChI is InChI=1S/C25H28N2O10/c1-4-37-24(35)9(3)27-12-6-5-10-8(2)14-17(20(31)15(10)19(12)30)22(33)25(36)11(18(14)29)7-13(28)16(21(25)32)23(26)34/h5-6,8-9,11,14,18,27-30,33,36H,4,7H2,1-3H3,(H2,26,34)/t8-,9?,11+,14+,18+,25+/m0/s1. The monoisotopic (exact) mass is 516 g/mol. The first kappa shape index (κ1) is 26.2. The molecule has 37 heavy (non-hydrogen) atoms. The lowest BCUT2D eigenvalue weighted by atomic mass is 9.56. The topological polar surface area (TPSA) is 217 Å². The molecule has 1 aromatic rings. The molecule has 0 aromatic heterocycles. The van der Waals surface area contributed by atoms with Crippen molar-refractivity contribution in [1.29, 1.82) is 0 Å². The molecule has 0 fully saturated rings. The molecule has 0 aliphatic heterocycles. The molecule has 12 heteroatoms. The number of nitrogens with one attached hydrogen (secondary N) is 1. The zero-order valence-electron chi connectivity index (χ0n) is 20.3. The lowest BCUT2D eigenvalue weighted by Crippen LogP contribution is -2.62. The van der Waals surface area contributed by atoms with Crippen LogP contribution in [0.3, 0.4) is 0 Å². The minimum atomic E-state index is -2.90. The van der Waals surface area contributed by atoms with Crippen LogP contribution in [0.2, 0.25) is 0 Å². The molecule has 8 N–H and O–H groups in total. The molecule has 0 spiro atoms. The number of allylic oxidation sites excluding steroid dienone is 1. The van der Waals surface area contributed by atoms with Gasteiger partial charge in [-0.05, 0) is 31.4 Å². The fourth-order valence-corrected chi connectivity index (χ4v) is 5.67. The summed E-state index contributed by atoms with van der Waals surface area (Å²) in [6, 6.07) is 2.09. The Kier molecular flexibility index (Phi) is 6.29. The van der Waals surface area contributed by atoms with Gasteiger partial charge in [-0.2, -0.15) is 0 Å². The minimum absolute atomic E-state index is 0.0175. The summed E-state index contributed by atoms with van der Waals surface area (Å²) in [5.41, 5.74) is 0.925. The summed E-state index contributed by atoms with van der Waals surface area (Å²) in [6.07, 6.45) is -2.16. The summed E-state index contributed by atoms with van der Waals surface area (Å²) in [5, 5.41) is 57.7. The van der Waals surface area contributed by atoms with E-state index in [4.69, 9.17) is 10.5 Å². The molecule has 0 heterocycles. The van der Waals surface area contributed by atoms with Crippen molar-refractivity contribution in [3.63, 3.8) is 0 Å². The van der Waals surface area contributed by atoms with Gasteiger partial charge < -0.3 is 41.3 Å². The Morgan fingerprint density at radius 1 is 1.24 bits per heavy atom. The molecule has 0 bridgehead atoms. The van der Waals surface area contributed by atoms with Crippen LogP contribution in [-0.4, -0.2) is 73.3 Å². The van der Waals surface area contributed by atoms with Crippen LogP contribution >= 0.6 is 0 Å². The molecule has 3 aliphatic carbocycles. The number of primary amides is 1. The number of aromatic hydroxyl groups is 1. The average molecular weight is 517 g/mol. The number of ether oxygens (including phenoxy) is 1. The van der Waals surface area contributed by atoms with Crippen molar-refractivity contribution in [2.75, 3.05) is 11.9 Å². The second kappa shape index (κ2) is 8.89. The van der Waals surface area contributed by atoms with Crippen LogP contribution < -0.4 is 11.1 Å². The summed E-state index contributed by atoms with van der Waals surface area (Å²) >= 11 is 0. The van der Waals surface area contributed by atoms with Gasteiger partial charge in [-0.1, -0.05) is 13.0 Å². The van der Waals surface area contributed by atoms with Crippen LogP contribution in [-0.2, 0) is 19.1 Å². The number of amides is 1. The summed E-state index contributed by atoms with van der Waals surface area (Å²) in [7, 11) is 0. The number of rotatable bonds is 5. The minimum Gasteiger partial charge on any atom is -0.511 e. The highest BCUT2D eigenvalue weighted by Gasteiger charge is 2.64. The van der Waals surface area contributed by atoms with Crippen molar-refractivity contribution >= 4 is 29.1 Å². The number of hydrogen-bond donors (Lipinski definition) is 7. The molecule has 4 rings (SSSR count). The first-order chi connectivity index (χ1) is 17.3. The first-order valence-electron chi connectivity index (χ1n) is 11.7. The number of nitrogens with two attached hydrogens (primary N) is 1. The first-order valence-corrected chi connectivity index (χ1v) is 11.7. The molecule has 0 saturated carbocycles. The van der Waals surface area contributed by atoms with Crippen LogP contribution in [0.25, 0.3) is 0 Å². The number of phenols is 1. The molecule has 198 valence electrons. The van der Waals surface area contributed by atoms with Gasteiger partial charge in [0.25, 0.3) is 5.91 Å². The van der Waals surface area contributed by atoms with Gasteiger partial charge in [-0.15, -0.1) is 0 Å². The third kappa shape index (κ3) is 3.58. The van der Waals surface area contributed by atoms with E-state index in [0.29, 0.717) is 5.56 Å². The molecule has 1 aromatic carbocycles. The van der Waals surface area contributed by atoms with E-state index in [9.17, 15) is 44.7 Å². The normalized spacial score (nSPS) is 29.8. The fraction of sp³-hybridized carbons (Fsp3) is 0.440. The van der Waals surface area contributed by atoms with Gasteiger partial charge in [0.1, 0.15) is 28.9 Å². The summed E-state index contributed by atoms with van der Waals surface area (Å²) in [6.45, 7) is 4.89. The lowest BCUT2D eigenvalue weighted by Gasteiger charge is -2.50. The van der Waals surface area contributed by atoms with E-state index in [1.165, 1.54) is 19.1 Å². The number of fused-ring (bicyclic) bond motifs is 3. The van der Waals surface area contributed by atoms with Gasteiger partial charge in [0, 0.05) is 23.8 Å². The maximum atomic E-state index is 13.7. The number of aliphatic hydroxyl groups is 4. The fourth-order valence-electron chi connectivity index (χ4n) is 5.67. The highest BCUT2D eigenvalue weighted by molar-refractivity contribution is 6.24. The van der Waals surface area contributed by atoms with Gasteiger partial charge in [0.05, 0.1) is 24.0 Å². The van der Waals surface area contributed by atoms with E-state index in [2.05, 4.69) is 5.32 Å². The second-order valence-corrected chi connectivity index (χ2v) is 9.53. The highest BCUT2D eigenvalue weighted by Crippen LogP contribution is 2.55. The maximum Gasteiger partial charge on any atom is 0.328 e. The van der Waals surface area contributed by atoms with Crippen LogP contribution in [0.5, 0.6) is 5.75 Å². The molecule has 0 saturated heterocycles. The SMILES string of the molecule is CCOC(=O)C(C)Nc1ccc2c(c1O)C(=O)C1=C(O)[C@]3(O)C(=O)C(C(N)=O)=C(O)C[C@@H]3[C@@H](O)[C@@H]1[C@H]2C. The highest BCUT2D eigenvalue weighted by atomic mass is 16.5. The van der Waals surface area contributed by atoms with E-state index in [1.54, 1.807) is 13.8 Å². The van der Waals surface area contributed by atoms with Crippen LogP contribution in [0, 0.1) is 11.8 Å². The largest absolute Gasteiger partial charge is 0.511 e. The van der Waals surface area contributed by atoms with Gasteiger partial charge in [0.2, 0.25) is 5.78 Å². The summed E-state index contributed by atoms with van der Waals surface area (Å²) in [5.74, 6) is -9.99. The van der Waals surface area contributed by atoms with Gasteiger partial charge in [0.15, 0.2) is 11.4 Å². The van der Waals surface area contributed by atoms with Gasteiger partial charge in [-0.25, -0.2) is 4.79 Å². The van der Waals surface area contributed by atoms with Crippen molar-refractivity contribution in [1.82, 2.24) is 0 Å². The molecule has 1 amide bonds. The predicted octanol–water partition coefficient (Wildman–Crippen LogP) is 0.476. The Balaban J connectivity index is 1.86. The Labute approximate surface area is 211 Å². The van der Waals surface area contributed by atoms with Gasteiger partial charge in [-0.3, -0.25) is 14.4 Å². The summed E-state index contributed by atoms with van der Waals surface area (Å²) < 4.78 is 4.94. The number of phenolic OH excluding ortho intramolecular Hbond substituents is 1. The Morgan fingerprint density at radius 2 is 1.89 bits per heavy atom. The van der Waals surface area contributed by atoms with E-state index < -0.39 is 93.8 Å². The molecule has 6 atom stereocenters. The number of hydrogen-bond acceptors (Lipinski definition) is 11. The number of anilines is 1. The number of carbonyl (C=O) groups is 4. The number of aliphatic hydroxyl groups excluding tert-OH is 3.